The summed E-state index contributed by atoms with van der Waals surface area (Å²) in [6.45, 7) is 6.73. The van der Waals surface area contributed by atoms with E-state index in [1.807, 2.05) is 26.8 Å². The molecule has 0 atom stereocenters. The van der Waals surface area contributed by atoms with Crippen molar-refractivity contribution in [1.82, 2.24) is 5.32 Å². The summed E-state index contributed by atoms with van der Waals surface area (Å²) < 4.78 is 13.3. The molecule has 3 N–H and O–H groups in total. The molecule has 1 aromatic rings. The Morgan fingerprint density at radius 2 is 2.11 bits per heavy atom. The van der Waals surface area contributed by atoms with Gasteiger partial charge < -0.3 is 11.1 Å². The summed E-state index contributed by atoms with van der Waals surface area (Å²) in [6.07, 6.45) is 2.09. The predicted molar refractivity (Wildman–Crippen MR) is 76.7 cm³/mol. The van der Waals surface area contributed by atoms with Crippen molar-refractivity contribution in [3.05, 3.63) is 35.6 Å². The number of nitrogens with two attached hydrogens (primary N) is 1. The number of rotatable bonds is 3. The summed E-state index contributed by atoms with van der Waals surface area (Å²) in [5.74, 6) is 0.267. The molecule has 0 saturated heterocycles. The van der Waals surface area contributed by atoms with Crippen molar-refractivity contribution in [2.75, 3.05) is 6.54 Å². The maximum absolute atomic E-state index is 13.3. The van der Waals surface area contributed by atoms with E-state index in [4.69, 9.17) is 5.73 Å². The summed E-state index contributed by atoms with van der Waals surface area (Å²) in [5.41, 5.74) is 6.79. The van der Waals surface area contributed by atoms with Crippen LogP contribution in [0.15, 0.2) is 29.3 Å². The van der Waals surface area contributed by atoms with E-state index in [0.29, 0.717) is 12.5 Å². The van der Waals surface area contributed by atoms with E-state index >= 15 is 0 Å². The highest BCUT2D eigenvalue weighted by atomic mass is 19.1. The van der Waals surface area contributed by atoms with Crippen LogP contribution in [0.5, 0.6) is 0 Å². The molecule has 2 rings (SSSR count). The van der Waals surface area contributed by atoms with Crippen LogP contribution in [-0.4, -0.2) is 18.0 Å². The summed E-state index contributed by atoms with van der Waals surface area (Å²) in [6, 6.07) is 6.80. The maximum Gasteiger partial charge on any atom is 0.189 e. The SMILES string of the molecule is CC(C)(C)NC(N)=NCC1(c2cccc(F)c2)CC1. The Bertz CT molecular complexity index is 484. The summed E-state index contributed by atoms with van der Waals surface area (Å²) in [5, 5.41) is 3.14. The van der Waals surface area contributed by atoms with Crippen molar-refractivity contribution in [2.24, 2.45) is 10.7 Å². The van der Waals surface area contributed by atoms with Crippen LogP contribution in [-0.2, 0) is 5.41 Å². The molecule has 3 nitrogen and oxygen atoms in total. The fourth-order valence-corrected chi connectivity index (χ4v) is 2.17. The van der Waals surface area contributed by atoms with Crippen LogP contribution in [0.1, 0.15) is 39.2 Å². The zero-order valence-corrected chi connectivity index (χ0v) is 11.8. The Morgan fingerprint density at radius 1 is 1.42 bits per heavy atom. The predicted octanol–water partition coefficient (Wildman–Crippen LogP) is 2.56. The second kappa shape index (κ2) is 4.83. The average Bonchev–Trinajstić information content (AvgIpc) is 3.05. The molecule has 0 bridgehead atoms. The smallest absolute Gasteiger partial charge is 0.189 e. The van der Waals surface area contributed by atoms with Gasteiger partial charge in [0.25, 0.3) is 0 Å². The van der Waals surface area contributed by atoms with Gasteiger partial charge in [0.1, 0.15) is 5.82 Å². The first-order valence-corrected chi connectivity index (χ1v) is 6.65. The van der Waals surface area contributed by atoms with Crippen LogP contribution in [0.3, 0.4) is 0 Å². The number of nitrogens with zero attached hydrogens (tertiary/aromatic N) is 1. The normalized spacial score (nSPS) is 18.2. The highest BCUT2D eigenvalue weighted by Gasteiger charge is 2.44. The van der Waals surface area contributed by atoms with Crippen LogP contribution in [0, 0.1) is 5.82 Å². The van der Waals surface area contributed by atoms with E-state index in [0.717, 1.165) is 18.4 Å². The van der Waals surface area contributed by atoms with Gasteiger partial charge in [-0.3, -0.25) is 4.99 Å². The largest absolute Gasteiger partial charge is 0.370 e. The van der Waals surface area contributed by atoms with Gasteiger partial charge in [-0.05, 0) is 51.3 Å². The van der Waals surface area contributed by atoms with Crippen molar-refractivity contribution in [3.8, 4) is 0 Å². The zero-order chi connectivity index (χ0) is 14.1. The van der Waals surface area contributed by atoms with Gasteiger partial charge in [-0.15, -0.1) is 0 Å². The van der Waals surface area contributed by atoms with E-state index in [9.17, 15) is 4.39 Å². The first-order chi connectivity index (χ1) is 8.81. The Kier molecular flexibility index (Phi) is 3.52. The first kappa shape index (κ1) is 13.8. The molecule has 0 amide bonds. The number of benzene rings is 1. The molecule has 1 aromatic carbocycles. The molecule has 0 aliphatic heterocycles. The van der Waals surface area contributed by atoms with E-state index < -0.39 is 0 Å². The summed E-state index contributed by atoms with van der Waals surface area (Å²) in [4.78, 5) is 4.41. The van der Waals surface area contributed by atoms with Gasteiger partial charge >= 0.3 is 0 Å². The van der Waals surface area contributed by atoms with Gasteiger partial charge in [0.05, 0.1) is 6.54 Å². The molecule has 0 radical (unpaired) electrons. The topological polar surface area (TPSA) is 50.4 Å². The molecule has 104 valence electrons. The van der Waals surface area contributed by atoms with Crippen molar-refractivity contribution in [2.45, 2.75) is 44.6 Å². The monoisotopic (exact) mass is 263 g/mol. The molecule has 0 aromatic heterocycles. The number of guanidine groups is 1. The van der Waals surface area contributed by atoms with Crippen molar-refractivity contribution >= 4 is 5.96 Å². The molecule has 19 heavy (non-hydrogen) atoms. The molecule has 0 unspecified atom stereocenters. The Balaban J connectivity index is 2.05. The lowest BCUT2D eigenvalue weighted by atomic mass is 9.96. The molecule has 0 spiro atoms. The van der Waals surface area contributed by atoms with Gasteiger partial charge in [0.15, 0.2) is 5.96 Å². The molecular formula is C15H22FN3. The lowest BCUT2D eigenvalue weighted by Crippen LogP contribution is -2.45. The van der Waals surface area contributed by atoms with Crippen molar-refractivity contribution in [1.29, 1.82) is 0 Å². The molecule has 1 fully saturated rings. The maximum atomic E-state index is 13.3. The number of aliphatic imine (C=N–C) groups is 1. The molecule has 1 saturated carbocycles. The lowest BCUT2D eigenvalue weighted by molar-refractivity contribution is 0.507. The molecule has 4 heteroatoms. The van der Waals surface area contributed by atoms with Crippen LogP contribution in [0.25, 0.3) is 0 Å². The molecule has 1 aliphatic rings. The van der Waals surface area contributed by atoms with Crippen molar-refractivity contribution in [3.63, 3.8) is 0 Å². The quantitative estimate of drug-likeness (QED) is 0.650. The number of halogens is 1. The van der Waals surface area contributed by atoms with Crippen LogP contribution in [0.4, 0.5) is 4.39 Å². The van der Waals surface area contributed by atoms with Crippen LogP contribution >= 0.6 is 0 Å². The van der Waals surface area contributed by atoms with Gasteiger partial charge in [-0.1, -0.05) is 12.1 Å². The highest BCUT2D eigenvalue weighted by molar-refractivity contribution is 5.78. The van der Waals surface area contributed by atoms with Gasteiger partial charge in [-0.2, -0.15) is 0 Å². The molecule has 0 heterocycles. The first-order valence-electron chi connectivity index (χ1n) is 6.65. The van der Waals surface area contributed by atoms with Crippen LogP contribution < -0.4 is 11.1 Å². The standard InChI is InChI=1S/C15H22FN3/c1-14(2,3)19-13(17)18-10-15(7-8-15)11-5-4-6-12(16)9-11/h4-6,9H,7-8,10H2,1-3H3,(H3,17,18,19). The Hall–Kier alpha value is -1.58. The third kappa shape index (κ3) is 3.69. The Labute approximate surface area is 114 Å². The minimum Gasteiger partial charge on any atom is -0.370 e. The number of hydrogen-bond acceptors (Lipinski definition) is 1. The third-order valence-corrected chi connectivity index (χ3v) is 3.35. The fraction of sp³-hybridized carbons (Fsp3) is 0.533. The highest BCUT2D eigenvalue weighted by Crippen LogP contribution is 2.48. The summed E-state index contributed by atoms with van der Waals surface area (Å²) in [7, 11) is 0. The van der Waals surface area contributed by atoms with E-state index in [2.05, 4.69) is 10.3 Å². The zero-order valence-electron chi connectivity index (χ0n) is 11.8. The summed E-state index contributed by atoms with van der Waals surface area (Å²) >= 11 is 0. The number of nitrogens with one attached hydrogen (secondary N) is 1. The lowest BCUT2D eigenvalue weighted by Gasteiger charge is -2.22. The van der Waals surface area contributed by atoms with E-state index in [1.54, 1.807) is 12.1 Å². The van der Waals surface area contributed by atoms with E-state index in [1.165, 1.54) is 6.07 Å². The minimum atomic E-state index is -0.187. The van der Waals surface area contributed by atoms with E-state index in [-0.39, 0.29) is 16.8 Å². The van der Waals surface area contributed by atoms with Gasteiger partial charge in [0.2, 0.25) is 0 Å². The fourth-order valence-electron chi connectivity index (χ4n) is 2.17. The number of hydrogen-bond donors (Lipinski definition) is 2. The Morgan fingerprint density at radius 3 is 2.63 bits per heavy atom. The molecular weight excluding hydrogens is 241 g/mol. The second-order valence-electron chi connectivity index (χ2n) is 6.37. The van der Waals surface area contributed by atoms with Crippen LogP contribution in [0.2, 0.25) is 0 Å². The van der Waals surface area contributed by atoms with Crippen molar-refractivity contribution < 1.29 is 4.39 Å². The third-order valence-electron chi connectivity index (χ3n) is 3.35. The average molecular weight is 263 g/mol. The molecule has 1 aliphatic carbocycles. The van der Waals surface area contributed by atoms with Gasteiger partial charge in [-0.25, -0.2) is 4.39 Å². The minimum absolute atomic E-state index is 0.00765. The van der Waals surface area contributed by atoms with Gasteiger partial charge in [0, 0.05) is 11.0 Å². The second-order valence-corrected chi connectivity index (χ2v) is 6.37.